The summed E-state index contributed by atoms with van der Waals surface area (Å²) in [4.78, 5) is 43.3. The number of aryl methyl sites for hydroxylation is 2. The van der Waals surface area contributed by atoms with Crippen molar-refractivity contribution in [3.63, 3.8) is 0 Å². The minimum Gasteiger partial charge on any atom is -0.480 e. The lowest BCUT2D eigenvalue weighted by Crippen LogP contribution is -2.46. The van der Waals surface area contributed by atoms with Crippen LogP contribution in [0.3, 0.4) is 0 Å². The van der Waals surface area contributed by atoms with Crippen LogP contribution in [-0.4, -0.2) is 43.5 Å². The van der Waals surface area contributed by atoms with Crippen LogP contribution in [0.25, 0.3) is 10.9 Å². The van der Waals surface area contributed by atoms with E-state index in [0.717, 1.165) is 31.2 Å². The predicted octanol–water partition coefficient (Wildman–Crippen LogP) is 2.34. The van der Waals surface area contributed by atoms with Crippen molar-refractivity contribution in [3.8, 4) is 0 Å². The second-order valence-corrected chi connectivity index (χ2v) is 7.97. The van der Waals surface area contributed by atoms with Crippen molar-refractivity contribution < 1.29 is 14.7 Å². The Balaban J connectivity index is 1.54. The van der Waals surface area contributed by atoms with Crippen molar-refractivity contribution in [3.05, 3.63) is 40.4 Å². The van der Waals surface area contributed by atoms with Crippen LogP contribution in [0.5, 0.6) is 0 Å². The number of carbonyl (C=O) groups excluding carboxylic acids is 1. The highest BCUT2D eigenvalue weighted by atomic mass is 16.4. The number of carboxylic acid groups (broad SMARTS) is 1. The van der Waals surface area contributed by atoms with Gasteiger partial charge < -0.3 is 10.0 Å². The van der Waals surface area contributed by atoms with Gasteiger partial charge >= 0.3 is 5.97 Å². The number of amides is 1. The standard InChI is InChI=1S/C21H25N3O4/c1-13-5-4-7-15-19(13)22-12-23(20(15)26)10-9-18(25)24-16-8-3-2-6-14(16)11-17(24)21(27)28/h4-5,7,12,14,16-17H,2-3,6,8-11H2,1H3,(H,27,28). The molecule has 1 aliphatic heterocycles. The van der Waals surface area contributed by atoms with Crippen molar-refractivity contribution in [1.29, 1.82) is 0 Å². The molecule has 1 amide bonds. The number of rotatable bonds is 4. The van der Waals surface area contributed by atoms with Crippen LogP contribution in [0, 0.1) is 12.8 Å². The van der Waals surface area contributed by atoms with E-state index in [1.165, 1.54) is 10.9 Å². The fraction of sp³-hybridized carbons (Fsp3) is 0.524. The van der Waals surface area contributed by atoms with Crippen LogP contribution < -0.4 is 5.56 Å². The van der Waals surface area contributed by atoms with E-state index in [-0.39, 0.29) is 36.4 Å². The number of aliphatic carboxylic acids is 1. The molecule has 0 spiro atoms. The quantitative estimate of drug-likeness (QED) is 0.875. The molecule has 4 rings (SSSR count). The number of carbonyl (C=O) groups is 2. The lowest BCUT2D eigenvalue weighted by molar-refractivity contribution is -0.150. The average Bonchev–Trinajstić information content (AvgIpc) is 3.08. The topological polar surface area (TPSA) is 92.5 Å². The first-order valence-electron chi connectivity index (χ1n) is 9.96. The zero-order valence-electron chi connectivity index (χ0n) is 16.0. The van der Waals surface area contributed by atoms with Gasteiger partial charge in [0.05, 0.1) is 17.2 Å². The van der Waals surface area contributed by atoms with E-state index < -0.39 is 12.0 Å². The highest BCUT2D eigenvalue weighted by molar-refractivity contribution is 5.85. The van der Waals surface area contributed by atoms with E-state index in [1.807, 2.05) is 19.1 Å². The molecule has 7 heteroatoms. The van der Waals surface area contributed by atoms with Gasteiger partial charge in [-0.1, -0.05) is 25.0 Å². The molecule has 3 atom stereocenters. The first-order valence-corrected chi connectivity index (χ1v) is 9.96. The number of para-hydroxylation sites is 1. The first-order chi connectivity index (χ1) is 13.5. The molecule has 2 aromatic rings. The summed E-state index contributed by atoms with van der Waals surface area (Å²) in [6.45, 7) is 2.11. The molecule has 7 nitrogen and oxygen atoms in total. The van der Waals surface area contributed by atoms with Crippen molar-refractivity contribution in [2.75, 3.05) is 0 Å². The lowest BCUT2D eigenvalue weighted by atomic mass is 9.84. The fourth-order valence-electron chi connectivity index (χ4n) is 4.88. The summed E-state index contributed by atoms with van der Waals surface area (Å²) in [6.07, 6.45) is 6.13. The van der Waals surface area contributed by atoms with Gasteiger partial charge in [-0.2, -0.15) is 0 Å². The summed E-state index contributed by atoms with van der Waals surface area (Å²) in [5.74, 6) is -0.826. The normalized spacial score (nSPS) is 24.3. The third-order valence-corrected chi connectivity index (χ3v) is 6.28. The maximum Gasteiger partial charge on any atom is 0.326 e. The molecule has 3 unspecified atom stereocenters. The minimum absolute atomic E-state index is 0.0245. The molecule has 1 saturated carbocycles. The number of nitrogens with zero attached hydrogens (tertiary/aromatic N) is 3. The van der Waals surface area contributed by atoms with E-state index in [4.69, 9.17) is 0 Å². The average molecular weight is 383 g/mol. The summed E-state index contributed by atoms with van der Waals surface area (Å²) >= 11 is 0. The third-order valence-electron chi connectivity index (χ3n) is 6.28. The number of fused-ring (bicyclic) bond motifs is 2. The highest BCUT2D eigenvalue weighted by Gasteiger charge is 2.47. The van der Waals surface area contributed by atoms with Crippen molar-refractivity contribution >= 4 is 22.8 Å². The Morgan fingerprint density at radius 2 is 2.04 bits per heavy atom. The smallest absolute Gasteiger partial charge is 0.326 e. The van der Waals surface area contributed by atoms with E-state index in [0.29, 0.717) is 17.3 Å². The third kappa shape index (κ3) is 3.19. The maximum absolute atomic E-state index is 12.9. The van der Waals surface area contributed by atoms with Gasteiger partial charge in [-0.3, -0.25) is 14.2 Å². The molecule has 1 aliphatic carbocycles. The second kappa shape index (κ2) is 7.37. The molecule has 2 aliphatic rings. The fourth-order valence-corrected chi connectivity index (χ4v) is 4.88. The molecule has 0 radical (unpaired) electrons. The maximum atomic E-state index is 12.9. The summed E-state index contributed by atoms with van der Waals surface area (Å²) in [5.41, 5.74) is 1.43. The second-order valence-electron chi connectivity index (χ2n) is 7.97. The molecule has 1 N–H and O–H groups in total. The summed E-state index contributed by atoms with van der Waals surface area (Å²) < 4.78 is 1.45. The predicted molar refractivity (Wildman–Crippen MR) is 104 cm³/mol. The first kappa shape index (κ1) is 18.7. The van der Waals surface area contributed by atoms with Crippen LogP contribution >= 0.6 is 0 Å². The van der Waals surface area contributed by atoms with Gasteiger partial charge in [0.15, 0.2) is 0 Å². The zero-order chi connectivity index (χ0) is 19.8. The molecule has 148 valence electrons. The molecule has 1 aromatic heterocycles. The summed E-state index contributed by atoms with van der Waals surface area (Å²) in [6, 6.07) is 4.75. The Bertz CT molecular complexity index is 983. The Kier molecular flexibility index (Phi) is 4.91. The molecule has 1 aromatic carbocycles. The van der Waals surface area contributed by atoms with Crippen molar-refractivity contribution in [2.24, 2.45) is 5.92 Å². The Morgan fingerprint density at radius 3 is 2.82 bits per heavy atom. The number of hydrogen-bond acceptors (Lipinski definition) is 4. The zero-order valence-corrected chi connectivity index (χ0v) is 16.0. The monoisotopic (exact) mass is 383 g/mol. The van der Waals surface area contributed by atoms with Crippen LogP contribution in [-0.2, 0) is 16.1 Å². The summed E-state index contributed by atoms with van der Waals surface area (Å²) in [5, 5.41) is 10.1. The van der Waals surface area contributed by atoms with Gasteiger partial charge in [0.1, 0.15) is 6.04 Å². The minimum atomic E-state index is -0.928. The number of likely N-dealkylation sites (tertiary alicyclic amines) is 1. The lowest BCUT2D eigenvalue weighted by Gasteiger charge is -2.33. The Morgan fingerprint density at radius 1 is 1.25 bits per heavy atom. The van der Waals surface area contributed by atoms with Gasteiger partial charge in [0.25, 0.3) is 5.56 Å². The Hall–Kier alpha value is -2.70. The number of hydrogen-bond donors (Lipinski definition) is 1. The van der Waals surface area contributed by atoms with E-state index in [9.17, 15) is 19.5 Å². The Labute approximate surface area is 163 Å². The van der Waals surface area contributed by atoms with Crippen molar-refractivity contribution in [1.82, 2.24) is 14.5 Å². The van der Waals surface area contributed by atoms with Crippen LogP contribution in [0.4, 0.5) is 0 Å². The molecule has 1 saturated heterocycles. The molecule has 0 bridgehead atoms. The molecule has 2 fully saturated rings. The van der Waals surface area contributed by atoms with Crippen LogP contribution in [0.15, 0.2) is 29.3 Å². The van der Waals surface area contributed by atoms with Crippen LogP contribution in [0.2, 0.25) is 0 Å². The molecule has 28 heavy (non-hydrogen) atoms. The van der Waals surface area contributed by atoms with E-state index in [1.54, 1.807) is 11.0 Å². The molecular weight excluding hydrogens is 358 g/mol. The number of aromatic nitrogens is 2. The van der Waals surface area contributed by atoms with Crippen molar-refractivity contribution in [2.45, 2.75) is 64.1 Å². The van der Waals surface area contributed by atoms with Gasteiger partial charge in [-0.15, -0.1) is 0 Å². The van der Waals surface area contributed by atoms with Gasteiger partial charge in [0, 0.05) is 19.0 Å². The largest absolute Gasteiger partial charge is 0.480 e. The van der Waals surface area contributed by atoms with Crippen LogP contribution in [0.1, 0.15) is 44.1 Å². The molecule has 2 heterocycles. The number of benzene rings is 1. The highest BCUT2D eigenvalue weighted by Crippen LogP contribution is 2.40. The van der Waals surface area contributed by atoms with Gasteiger partial charge in [0.2, 0.25) is 5.91 Å². The molecular formula is C21H25N3O4. The van der Waals surface area contributed by atoms with E-state index in [2.05, 4.69) is 4.98 Å². The van der Waals surface area contributed by atoms with Gasteiger partial charge in [-0.25, -0.2) is 9.78 Å². The number of carboxylic acids is 1. The van der Waals surface area contributed by atoms with Gasteiger partial charge in [-0.05, 0) is 43.7 Å². The summed E-state index contributed by atoms with van der Waals surface area (Å²) in [7, 11) is 0. The SMILES string of the molecule is Cc1cccc2c(=O)n(CCC(=O)N3C(C(=O)O)CC4CCCCC43)cnc12. The van der Waals surface area contributed by atoms with E-state index >= 15 is 0 Å².